The zero-order chi connectivity index (χ0) is 22.1. The number of hydrogen-bond acceptors (Lipinski definition) is 5. The minimum Gasteiger partial charge on any atom is -0.503 e. The number of rotatable bonds is 3. The van der Waals surface area contributed by atoms with E-state index in [0.717, 1.165) is 6.07 Å². The van der Waals surface area contributed by atoms with Crippen molar-refractivity contribution in [3.8, 4) is 16.9 Å². The van der Waals surface area contributed by atoms with Crippen molar-refractivity contribution >= 4 is 5.91 Å². The van der Waals surface area contributed by atoms with Crippen LogP contribution in [0.15, 0.2) is 35.4 Å². The molecule has 3 aliphatic heterocycles. The Hall–Kier alpha value is -3.53. The molecule has 0 bridgehead atoms. The lowest BCUT2D eigenvalue weighted by atomic mass is 10.0. The molecule has 1 saturated heterocycles. The molecule has 1 N–H and O–H groups in total. The van der Waals surface area contributed by atoms with Crippen molar-refractivity contribution in [2.24, 2.45) is 0 Å². The van der Waals surface area contributed by atoms with Crippen molar-refractivity contribution in [3.63, 3.8) is 0 Å². The molecule has 8 nitrogen and oxygen atoms in total. The molecule has 1 aromatic carbocycles. The summed E-state index contributed by atoms with van der Waals surface area (Å²) in [6.07, 6.45) is 3.86. The topological polar surface area (TPSA) is 89.6 Å². The van der Waals surface area contributed by atoms with Gasteiger partial charge in [-0.1, -0.05) is 6.07 Å². The summed E-state index contributed by atoms with van der Waals surface area (Å²) in [5, 5.41) is 14.9. The third kappa shape index (κ3) is 2.59. The summed E-state index contributed by atoms with van der Waals surface area (Å²) in [5.41, 5.74) is 1.02. The average Bonchev–Trinajstić information content (AvgIpc) is 3.50. The van der Waals surface area contributed by atoms with Gasteiger partial charge in [0.15, 0.2) is 17.7 Å². The largest absolute Gasteiger partial charge is 0.503 e. The van der Waals surface area contributed by atoms with Crippen LogP contribution in [0.2, 0.25) is 0 Å². The number of carbonyl (C=O) groups is 1. The van der Waals surface area contributed by atoms with Crippen molar-refractivity contribution in [2.45, 2.75) is 31.7 Å². The van der Waals surface area contributed by atoms with Crippen LogP contribution in [0.1, 0.15) is 34.2 Å². The number of benzene rings is 1. The molecule has 2 aromatic heterocycles. The molecule has 164 valence electrons. The van der Waals surface area contributed by atoms with E-state index in [9.17, 15) is 23.5 Å². The lowest BCUT2D eigenvalue weighted by Crippen LogP contribution is -2.48. The van der Waals surface area contributed by atoms with Gasteiger partial charge in [-0.3, -0.25) is 14.3 Å². The van der Waals surface area contributed by atoms with E-state index in [2.05, 4.69) is 5.10 Å². The third-order valence-electron chi connectivity index (χ3n) is 6.49. The summed E-state index contributed by atoms with van der Waals surface area (Å²) in [4.78, 5) is 27.7. The average molecular weight is 440 g/mol. The van der Waals surface area contributed by atoms with E-state index in [1.165, 1.54) is 23.0 Å². The van der Waals surface area contributed by atoms with Crippen molar-refractivity contribution in [2.75, 3.05) is 13.2 Å². The quantitative estimate of drug-likeness (QED) is 0.674. The Labute approximate surface area is 180 Å². The molecular formula is C22H18F2N4O4. The second-order valence-corrected chi connectivity index (χ2v) is 8.25. The van der Waals surface area contributed by atoms with Gasteiger partial charge in [0.25, 0.3) is 5.91 Å². The zero-order valence-corrected chi connectivity index (χ0v) is 16.8. The number of pyridine rings is 1. The minimum atomic E-state index is -0.686. The molecule has 3 aliphatic rings. The minimum absolute atomic E-state index is 0.0128. The van der Waals surface area contributed by atoms with Crippen molar-refractivity contribution < 1.29 is 23.4 Å². The van der Waals surface area contributed by atoms with Gasteiger partial charge >= 0.3 is 0 Å². The molecule has 6 rings (SSSR count). The number of fused-ring (bicyclic) bond motifs is 2. The lowest BCUT2D eigenvalue weighted by Gasteiger charge is -2.36. The first kappa shape index (κ1) is 19.2. The first-order valence-electron chi connectivity index (χ1n) is 10.3. The number of aromatic nitrogens is 3. The van der Waals surface area contributed by atoms with Crippen molar-refractivity contribution in [1.29, 1.82) is 0 Å². The highest BCUT2D eigenvalue weighted by molar-refractivity contribution is 5.97. The van der Waals surface area contributed by atoms with Gasteiger partial charge in [-0.2, -0.15) is 5.10 Å². The van der Waals surface area contributed by atoms with Crippen LogP contribution in [0.3, 0.4) is 0 Å². The van der Waals surface area contributed by atoms with Crippen LogP contribution in [-0.4, -0.2) is 49.6 Å². The normalized spacial score (nSPS) is 21.2. The summed E-state index contributed by atoms with van der Waals surface area (Å²) in [7, 11) is 0. The van der Waals surface area contributed by atoms with Crippen LogP contribution in [0.5, 0.6) is 5.75 Å². The van der Waals surface area contributed by atoms with Crippen LogP contribution in [-0.2, 0) is 17.7 Å². The fraction of sp³-hybridized carbons (Fsp3) is 0.318. The van der Waals surface area contributed by atoms with Gasteiger partial charge in [0, 0.05) is 35.6 Å². The molecule has 10 heteroatoms. The number of halogens is 2. The second kappa shape index (κ2) is 6.73. The van der Waals surface area contributed by atoms with Crippen LogP contribution in [0.25, 0.3) is 11.1 Å². The van der Waals surface area contributed by atoms with Gasteiger partial charge < -0.3 is 19.3 Å². The van der Waals surface area contributed by atoms with E-state index < -0.39 is 34.9 Å². The smallest absolute Gasteiger partial charge is 0.276 e. The number of aromatic hydroxyl groups is 1. The van der Waals surface area contributed by atoms with Gasteiger partial charge in [-0.25, -0.2) is 8.78 Å². The Morgan fingerprint density at radius 1 is 1.25 bits per heavy atom. The van der Waals surface area contributed by atoms with Gasteiger partial charge in [-0.05, 0) is 18.9 Å². The standard InChI is InChI=1S/C22H18F2N4O4/c23-13-2-1-11(14(24)7-13)9-26-10-12(8-25-26)17-15-3-4-16-22-27(5-6-32-22)21(31)18(28(15)16)20(30)19(17)29/h1-2,7-8,10,16,22,30H,3-6,9H2. The first-order valence-corrected chi connectivity index (χ1v) is 10.3. The number of hydrogen-bond donors (Lipinski definition) is 1. The maximum Gasteiger partial charge on any atom is 0.276 e. The number of carbonyl (C=O) groups excluding carboxylic acids is 1. The Kier molecular flexibility index (Phi) is 4.03. The van der Waals surface area contributed by atoms with Gasteiger partial charge in [0.05, 0.1) is 31.0 Å². The number of amides is 1. The summed E-state index contributed by atoms with van der Waals surface area (Å²) >= 11 is 0. The second-order valence-electron chi connectivity index (χ2n) is 8.25. The summed E-state index contributed by atoms with van der Waals surface area (Å²) < 4.78 is 36.2. The van der Waals surface area contributed by atoms with Crippen LogP contribution in [0.4, 0.5) is 8.78 Å². The maximum atomic E-state index is 14.0. The Balaban J connectivity index is 1.44. The molecule has 0 radical (unpaired) electrons. The van der Waals surface area contributed by atoms with E-state index in [1.807, 2.05) is 0 Å². The fourth-order valence-corrected chi connectivity index (χ4v) is 5.09. The maximum absolute atomic E-state index is 14.0. The van der Waals surface area contributed by atoms with Gasteiger partial charge in [0.1, 0.15) is 11.6 Å². The Bertz CT molecular complexity index is 1350. The van der Waals surface area contributed by atoms with Crippen LogP contribution >= 0.6 is 0 Å². The molecule has 0 aliphatic carbocycles. The molecule has 2 atom stereocenters. The van der Waals surface area contributed by atoms with Gasteiger partial charge in [0.2, 0.25) is 5.43 Å². The molecule has 5 heterocycles. The molecule has 0 spiro atoms. The third-order valence-corrected chi connectivity index (χ3v) is 6.49. The molecule has 2 unspecified atom stereocenters. The molecule has 32 heavy (non-hydrogen) atoms. The summed E-state index contributed by atoms with van der Waals surface area (Å²) in [5.74, 6) is -2.34. The Morgan fingerprint density at radius 3 is 2.91 bits per heavy atom. The van der Waals surface area contributed by atoms with E-state index in [0.29, 0.717) is 37.3 Å². The van der Waals surface area contributed by atoms with E-state index in [1.54, 1.807) is 15.7 Å². The van der Waals surface area contributed by atoms with E-state index in [4.69, 9.17) is 4.74 Å². The highest BCUT2D eigenvalue weighted by atomic mass is 19.1. The molecule has 1 amide bonds. The predicted octanol–water partition coefficient (Wildman–Crippen LogP) is 2.04. The van der Waals surface area contributed by atoms with E-state index in [-0.39, 0.29) is 29.4 Å². The lowest BCUT2D eigenvalue weighted by molar-refractivity contribution is -0.0123. The summed E-state index contributed by atoms with van der Waals surface area (Å²) in [6.45, 7) is 0.893. The van der Waals surface area contributed by atoms with Crippen molar-refractivity contribution in [1.82, 2.24) is 19.2 Å². The number of ether oxygens (including phenoxy) is 1. The zero-order valence-electron chi connectivity index (χ0n) is 16.8. The van der Waals surface area contributed by atoms with E-state index >= 15 is 0 Å². The van der Waals surface area contributed by atoms with Gasteiger partial charge in [-0.15, -0.1) is 0 Å². The van der Waals surface area contributed by atoms with Crippen LogP contribution in [0, 0.1) is 11.6 Å². The Morgan fingerprint density at radius 2 is 2.09 bits per heavy atom. The number of nitrogens with zero attached hydrogens (tertiary/aromatic N) is 4. The molecule has 3 aromatic rings. The van der Waals surface area contributed by atoms with Crippen molar-refractivity contribution in [3.05, 3.63) is 69.4 Å². The first-order chi connectivity index (χ1) is 15.4. The van der Waals surface area contributed by atoms with Crippen LogP contribution < -0.4 is 5.43 Å². The highest BCUT2D eigenvalue weighted by Crippen LogP contribution is 2.43. The summed E-state index contributed by atoms with van der Waals surface area (Å²) in [6, 6.07) is 3.14. The molecule has 1 fully saturated rings. The molecule has 0 saturated carbocycles. The monoisotopic (exact) mass is 440 g/mol. The molecular weight excluding hydrogens is 422 g/mol. The SMILES string of the molecule is O=C1c2c(O)c(=O)c(-c3cnn(Cc4ccc(F)cc4F)c3)c3n2C(CC3)C2OCCN12. The highest BCUT2D eigenvalue weighted by Gasteiger charge is 2.48. The fourth-order valence-electron chi connectivity index (χ4n) is 5.09. The predicted molar refractivity (Wildman–Crippen MR) is 107 cm³/mol.